The van der Waals surface area contributed by atoms with Crippen LogP contribution in [0, 0.1) is 0 Å². The fourth-order valence-electron chi connectivity index (χ4n) is 4.48. The lowest BCUT2D eigenvalue weighted by atomic mass is 10.1. The number of aryl methyl sites for hydroxylation is 1. The number of amides is 1. The molecule has 0 bridgehead atoms. The lowest BCUT2D eigenvalue weighted by Gasteiger charge is -2.23. The molecule has 2 aliphatic heterocycles. The van der Waals surface area contributed by atoms with Gasteiger partial charge in [0.25, 0.3) is 5.91 Å². The topological polar surface area (TPSA) is 92.1 Å². The lowest BCUT2D eigenvalue weighted by molar-refractivity contribution is 0.0996. The molecule has 0 spiro atoms. The quantitative estimate of drug-likeness (QED) is 0.681. The molecule has 2 aliphatic rings. The van der Waals surface area contributed by atoms with Crippen LogP contribution in [-0.4, -0.2) is 50.3 Å². The van der Waals surface area contributed by atoms with Crippen molar-refractivity contribution in [3.05, 3.63) is 41.7 Å². The number of nitrogens with one attached hydrogen (secondary N) is 1. The summed E-state index contributed by atoms with van der Waals surface area (Å²) in [4.78, 5) is 27.0. The highest BCUT2D eigenvalue weighted by Gasteiger charge is 2.34. The van der Waals surface area contributed by atoms with Gasteiger partial charge in [-0.2, -0.15) is 0 Å². The number of aromatic nitrogens is 5. The molecule has 9 heteroatoms. The normalized spacial score (nSPS) is 18.0. The first kappa shape index (κ1) is 19.5. The van der Waals surface area contributed by atoms with Crippen LogP contribution in [0.2, 0.25) is 0 Å². The van der Waals surface area contributed by atoms with Crippen molar-refractivity contribution >= 4 is 23.4 Å². The van der Waals surface area contributed by atoms with Crippen molar-refractivity contribution in [2.24, 2.45) is 0 Å². The van der Waals surface area contributed by atoms with Crippen molar-refractivity contribution in [3.8, 4) is 11.5 Å². The van der Waals surface area contributed by atoms with Gasteiger partial charge in [-0.25, -0.2) is 9.97 Å². The molecule has 1 fully saturated rings. The molecule has 1 saturated heterocycles. The maximum Gasteiger partial charge on any atom is 0.260 e. The highest BCUT2D eigenvalue weighted by atomic mass is 16.2. The highest BCUT2D eigenvalue weighted by Crippen LogP contribution is 2.35. The summed E-state index contributed by atoms with van der Waals surface area (Å²) in [7, 11) is 1.85. The third-order valence-corrected chi connectivity index (χ3v) is 6.18. The molecule has 160 valence electrons. The van der Waals surface area contributed by atoms with Gasteiger partial charge in [-0.1, -0.05) is 6.07 Å². The second-order valence-electron chi connectivity index (χ2n) is 8.00. The Bertz CT molecular complexity index is 1140. The number of hydrogen-bond donors (Lipinski definition) is 1. The van der Waals surface area contributed by atoms with Crippen molar-refractivity contribution in [3.63, 3.8) is 0 Å². The van der Waals surface area contributed by atoms with E-state index in [2.05, 4.69) is 27.3 Å². The molecule has 0 aliphatic carbocycles. The number of pyridine rings is 2. The second kappa shape index (κ2) is 7.64. The predicted molar refractivity (Wildman–Crippen MR) is 119 cm³/mol. The fraction of sp³-hybridized carbons (Fsp3) is 0.409. The number of carbonyl (C=O) groups is 1. The Hall–Kier alpha value is -3.49. The van der Waals surface area contributed by atoms with Gasteiger partial charge in [0.1, 0.15) is 29.5 Å². The van der Waals surface area contributed by atoms with E-state index in [0.29, 0.717) is 35.5 Å². The summed E-state index contributed by atoms with van der Waals surface area (Å²) in [5.74, 6) is 2.85. The summed E-state index contributed by atoms with van der Waals surface area (Å²) >= 11 is 0. The minimum Gasteiger partial charge on any atom is -0.373 e. The van der Waals surface area contributed by atoms with Crippen LogP contribution in [0.15, 0.2) is 30.6 Å². The number of fused-ring (bicyclic) bond motifs is 1. The molecule has 3 aromatic heterocycles. The third kappa shape index (κ3) is 3.20. The molecular formula is C22H26N8O. The number of hydrogen-bond acceptors (Lipinski definition) is 7. The maximum atomic E-state index is 13.4. The molecule has 1 atom stereocenters. The first-order chi connectivity index (χ1) is 15.1. The van der Waals surface area contributed by atoms with Crippen LogP contribution in [-0.2, 0) is 13.1 Å². The van der Waals surface area contributed by atoms with Crippen molar-refractivity contribution in [1.82, 2.24) is 24.7 Å². The number of nitrogens with zero attached hydrogens (tertiary/aromatic N) is 7. The summed E-state index contributed by atoms with van der Waals surface area (Å²) < 4.78 is 1.93. The molecule has 5 heterocycles. The molecular weight excluding hydrogens is 392 g/mol. The van der Waals surface area contributed by atoms with Gasteiger partial charge in [0.05, 0.1) is 12.1 Å². The molecule has 5 rings (SSSR count). The standard InChI is InChI=1S/C22H26N8O/c1-4-28-13-24-27-21(28)17-8-5-9-18(25-17)30-12-16-15(22(30)31)11-19(26-20(16)23-3)29-10-6-7-14(29)2/h5,8-9,11,13-14H,4,6-7,10,12H2,1-3H3,(H,23,26)/t14-/m1/s1. The van der Waals surface area contributed by atoms with Gasteiger partial charge in [0, 0.05) is 31.7 Å². The Kier molecular flexibility index (Phi) is 4.80. The zero-order valence-corrected chi connectivity index (χ0v) is 18.0. The van der Waals surface area contributed by atoms with Crippen LogP contribution in [0.1, 0.15) is 42.6 Å². The molecule has 31 heavy (non-hydrogen) atoms. The minimum atomic E-state index is -0.0522. The van der Waals surface area contributed by atoms with Crippen molar-refractivity contribution in [2.45, 2.75) is 45.8 Å². The first-order valence-electron chi connectivity index (χ1n) is 10.8. The molecule has 1 N–H and O–H groups in total. The predicted octanol–water partition coefficient (Wildman–Crippen LogP) is 2.95. The van der Waals surface area contributed by atoms with E-state index in [1.54, 1.807) is 11.2 Å². The Morgan fingerprint density at radius 1 is 1.23 bits per heavy atom. The van der Waals surface area contributed by atoms with Crippen molar-refractivity contribution in [2.75, 3.05) is 28.7 Å². The van der Waals surface area contributed by atoms with E-state index in [4.69, 9.17) is 9.97 Å². The largest absolute Gasteiger partial charge is 0.373 e. The van der Waals surface area contributed by atoms with Gasteiger partial charge in [0.15, 0.2) is 5.82 Å². The fourth-order valence-corrected chi connectivity index (χ4v) is 4.48. The van der Waals surface area contributed by atoms with Gasteiger partial charge in [0.2, 0.25) is 0 Å². The highest BCUT2D eigenvalue weighted by molar-refractivity contribution is 6.11. The molecule has 9 nitrogen and oxygen atoms in total. The molecule has 0 unspecified atom stereocenters. The van der Waals surface area contributed by atoms with E-state index < -0.39 is 0 Å². The monoisotopic (exact) mass is 418 g/mol. The van der Waals surface area contributed by atoms with E-state index >= 15 is 0 Å². The van der Waals surface area contributed by atoms with Crippen LogP contribution in [0.3, 0.4) is 0 Å². The van der Waals surface area contributed by atoms with E-state index in [1.807, 2.05) is 42.8 Å². The molecule has 1 amide bonds. The van der Waals surface area contributed by atoms with Crippen LogP contribution >= 0.6 is 0 Å². The Balaban J connectivity index is 1.51. The van der Waals surface area contributed by atoms with Gasteiger partial charge >= 0.3 is 0 Å². The third-order valence-electron chi connectivity index (χ3n) is 6.18. The smallest absolute Gasteiger partial charge is 0.260 e. The zero-order chi connectivity index (χ0) is 21.5. The van der Waals surface area contributed by atoms with E-state index in [1.165, 1.54) is 0 Å². The average Bonchev–Trinajstić information content (AvgIpc) is 3.52. The minimum absolute atomic E-state index is 0.0522. The van der Waals surface area contributed by atoms with Gasteiger partial charge in [-0.05, 0) is 44.9 Å². The lowest BCUT2D eigenvalue weighted by Crippen LogP contribution is -2.28. The van der Waals surface area contributed by atoms with Crippen molar-refractivity contribution < 1.29 is 4.79 Å². The van der Waals surface area contributed by atoms with E-state index in [0.717, 1.165) is 43.1 Å². The molecule has 0 aromatic carbocycles. The van der Waals surface area contributed by atoms with Crippen LogP contribution < -0.4 is 15.1 Å². The van der Waals surface area contributed by atoms with Gasteiger partial charge in [-0.15, -0.1) is 10.2 Å². The molecule has 0 radical (unpaired) electrons. The Morgan fingerprint density at radius 3 is 2.84 bits per heavy atom. The first-order valence-corrected chi connectivity index (χ1v) is 10.8. The Morgan fingerprint density at radius 2 is 2.10 bits per heavy atom. The summed E-state index contributed by atoms with van der Waals surface area (Å²) in [6.45, 7) is 6.39. The number of carbonyl (C=O) groups excluding carboxylic acids is 1. The summed E-state index contributed by atoms with van der Waals surface area (Å²) in [5, 5.41) is 11.4. The van der Waals surface area contributed by atoms with Crippen LogP contribution in [0.4, 0.5) is 17.5 Å². The summed E-state index contributed by atoms with van der Waals surface area (Å²) in [5.41, 5.74) is 2.29. The van der Waals surface area contributed by atoms with Gasteiger partial charge < -0.3 is 14.8 Å². The average molecular weight is 419 g/mol. The SMILES string of the molecule is CCn1cnnc1-c1cccc(N2Cc3c(cc(N4CCC[C@H]4C)nc3NC)C2=O)n1. The number of rotatable bonds is 5. The van der Waals surface area contributed by atoms with E-state index in [9.17, 15) is 4.79 Å². The van der Waals surface area contributed by atoms with Crippen LogP contribution in [0.25, 0.3) is 11.5 Å². The second-order valence-corrected chi connectivity index (χ2v) is 8.00. The molecule has 0 saturated carbocycles. The molecule has 3 aromatic rings. The number of anilines is 3. The summed E-state index contributed by atoms with van der Waals surface area (Å²) in [6.07, 6.45) is 3.98. The van der Waals surface area contributed by atoms with Crippen molar-refractivity contribution in [1.29, 1.82) is 0 Å². The summed E-state index contributed by atoms with van der Waals surface area (Å²) in [6, 6.07) is 8.02. The van der Waals surface area contributed by atoms with E-state index in [-0.39, 0.29) is 5.91 Å². The maximum absolute atomic E-state index is 13.4. The van der Waals surface area contributed by atoms with Crippen LogP contribution in [0.5, 0.6) is 0 Å². The van der Waals surface area contributed by atoms with Gasteiger partial charge in [-0.3, -0.25) is 9.69 Å². The zero-order valence-electron chi connectivity index (χ0n) is 18.0. The Labute approximate surface area is 181 Å².